The molecule has 2 atom stereocenters. The Kier molecular flexibility index (Phi) is 5.89. The highest BCUT2D eigenvalue weighted by Crippen LogP contribution is 2.16. The van der Waals surface area contributed by atoms with E-state index in [2.05, 4.69) is 23.9 Å². The van der Waals surface area contributed by atoms with E-state index in [0.717, 1.165) is 26.3 Å². The predicted octanol–water partition coefficient (Wildman–Crippen LogP) is 1.21. The van der Waals surface area contributed by atoms with Gasteiger partial charge in [0.15, 0.2) is 0 Å². The summed E-state index contributed by atoms with van der Waals surface area (Å²) < 4.78 is 10.6. The molecule has 0 aromatic heterocycles. The molecule has 2 unspecified atom stereocenters. The van der Waals surface area contributed by atoms with Crippen LogP contribution in [0.2, 0.25) is 0 Å². The van der Waals surface area contributed by atoms with E-state index < -0.39 is 0 Å². The molecule has 0 amide bonds. The lowest BCUT2D eigenvalue weighted by Crippen LogP contribution is -2.32. The standard InChI is InChI=1S/C14H28N2O2/c1-15(2)7-5-3-4-6-8-16(9-13-11-17-13)10-14-12-18-14/h13-14H,3-12H2,1-2H3. The third-order valence-electron chi connectivity index (χ3n) is 3.56. The van der Waals surface area contributed by atoms with Crippen LogP contribution < -0.4 is 0 Å². The van der Waals surface area contributed by atoms with Crippen molar-refractivity contribution in [3.8, 4) is 0 Å². The van der Waals surface area contributed by atoms with Crippen molar-refractivity contribution in [2.75, 3.05) is 53.5 Å². The minimum absolute atomic E-state index is 0.512. The third kappa shape index (κ3) is 6.69. The summed E-state index contributed by atoms with van der Waals surface area (Å²) in [6.45, 7) is 6.57. The summed E-state index contributed by atoms with van der Waals surface area (Å²) in [5.41, 5.74) is 0. The van der Waals surface area contributed by atoms with E-state index in [-0.39, 0.29) is 0 Å². The lowest BCUT2D eigenvalue weighted by atomic mass is 10.2. The third-order valence-corrected chi connectivity index (χ3v) is 3.56. The molecule has 106 valence electrons. The fourth-order valence-corrected chi connectivity index (χ4v) is 2.30. The normalized spacial score (nSPS) is 26.0. The van der Waals surface area contributed by atoms with Crippen molar-refractivity contribution >= 4 is 0 Å². The molecule has 0 spiro atoms. The van der Waals surface area contributed by atoms with Crippen LogP contribution in [0, 0.1) is 0 Å². The molecular formula is C14H28N2O2. The maximum atomic E-state index is 5.32. The van der Waals surface area contributed by atoms with Gasteiger partial charge in [-0.25, -0.2) is 0 Å². The molecule has 2 saturated heterocycles. The summed E-state index contributed by atoms with van der Waals surface area (Å²) in [7, 11) is 4.29. The quantitative estimate of drug-likeness (QED) is 0.411. The van der Waals surface area contributed by atoms with E-state index >= 15 is 0 Å². The SMILES string of the molecule is CN(C)CCCCCCN(CC1CO1)CC1CO1. The highest BCUT2D eigenvalue weighted by atomic mass is 16.6. The van der Waals surface area contributed by atoms with Crippen LogP contribution in [0.25, 0.3) is 0 Å². The lowest BCUT2D eigenvalue weighted by molar-refractivity contribution is 0.215. The topological polar surface area (TPSA) is 31.5 Å². The molecule has 18 heavy (non-hydrogen) atoms. The Morgan fingerprint density at radius 2 is 1.33 bits per heavy atom. The van der Waals surface area contributed by atoms with Gasteiger partial charge in [-0.3, -0.25) is 4.90 Å². The van der Waals surface area contributed by atoms with Crippen molar-refractivity contribution in [3.05, 3.63) is 0 Å². The average molecular weight is 256 g/mol. The Balaban J connectivity index is 1.48. The average Bonchev–Trinajstić information content (AvgIpc) is 3.18. The van der Waals surface area contributed by atoms with Crippen LogP contribution in [0.5, 0.6) is 0 Å². The first-order chi connectivity index (χ1) is 8.74. The first-order valence-corrected chi connectivity index (χ1v) is 7.34. The van der Waals surface area contributed by atoms with Crippen LogP contribution in [-0.4, -0.2) is 75.5 Å². The molecule has 4 nitrogen and oxygen atoms in total. The molecule has 2 rings (SSSR count). The fourth-order valence-electron chi connectivity index (χ4n) is 2.30. The molecule has 2 heterocycles. The van der Waals surface area contributed by atoms with Gasteiger partial charge in [0.1, 0.15) is 0 Å². The van der Waals surface area contributed by atoms with Gasteiger partial charge in [-0.2, -0.15) is 0 Å². The van der Waals surface area contributed by atoms with Crippen LogP contribution in [0.1, 0.15) is 25.7 Å². The van der Waals surface area contributed by atoms with Crippen molar-refractivity contribution < 1.29 is 9.47 Å². The Morgan fingerprint density at radius 3 is 1.78 bits per heavy atom. The Hall–Kier alpha value is -0.160. The number of epoxide rings is 2. The zero-order valence-corrected chi connectivity index (χ0v) is 11.9. The molecule has 0 bridgehead atoms. The summed E-state index contributed by atoms with van der Waals surface area (Å²) >= 11 is 0. The molecule has 4 heteroatoms. The molecule has 2 fully saturated rings. The number of hydrogen-bond donors (Lipinski definition) is 0. The summed E-state index contributed by atoms with van der Waals surface area (Å²) in [5.74, 6) is 0. The highest BCUT2D eigenvalue weighted by Gasteiger charge is 2.30. The second-order valence-electron chi connectivity index (χ2n) is 5.89. The van der Waals surface area contributed by atoms with Crippen LogP contribution in [0.4, 0.5) is 0 Å². The van der Waals surface area contributed by atoms with Gasteiger partial charge in [0.05, 0.1) is 25.4 Å². The summed E-state index contributed by atoms with van der Waals surface area (Å²) in [6, 6.07) is 0. The first-order valence-electron chi connectivity index (χ1n) is 7.34. The molecule has 0 N–H and O–H groups in total. The van der Waals surface area contributed by atoms with Gasteiger partial charge in [-0.15, -0.1) is 0 Å². The zero-order chi connectivity index (χ0) is 12.8. The van der Waals surface area contributed by atoms with E-state index in [9.17, 15) is 0 Å². The first kappa shape index (κ1) is 14.3. The van der Waals surface area contributed by atoms with E-state index in [1.807, 2.05) is 0 Å². The Morgan fingerprint density at radius 1 is 0.833 bits per heavy atom. The largest absolute Gasteiger partial charge is 0.372 e. The molecule has 2 aliphatic rings. The van der Waals surface area contributed by atoms with Gasteiger partial charge < -0.3 is 14.4 Å². The highest BCUT2D eigenvalue weighted by molar-refractivity contribution is 4.80. The van der Waals surface area contributed by atoms with Crippen LogP contribution >= 0.6 is 0 Å². The molecular weight excluding hydrogens is 228 g/mol. The second-order valence-corrected chi connectivity index (χ2v) is 5.89. The van der Waals surface area contributed by atoms with E-state index in [0.29, 0.717) is 12.2 Å². The van der Waals surface area contributed by atoms with Crippen LogP contribution in [0.3, 0.4) is 0 Å². The van der Waals surface area contributed by atoms with Gasteiger partial charge in [0.25, 0.3) is 0 Å². The van der Waals surface area contributed by atoms with Crippen LogP contribution in [0.15, 0.2) is 0 Å². The van der Waals surface area contributed by atoms with Crippen molar-refractivity contribution in [1.29, 1.82) is 0 Å². The second kappa shape index (κ2) is 7.43. The van der Waals surface area contributed by atoms with Crippen molar-refractivity contribution in [1.82, 2.24) is 9.80 Å². The zero-order valence-electron chi connectivity index (χ0n) is 11.9. The smallest absolute Gasteiger partial charge is 0.0936 e. The Bertz CT molecular complexity index is 214. The number of nitrogens with zero attached hydrogens (tertiary/aromatic N) is 2. The summed E-state index contributed by atoms with van der Waals surface area (Å²) in [5, 5.41) is 0. The molecule has 0 aliphatic carbocycles. The van der Waals surface area contributed by atoms with E-state index in [1.54, 1.807) is 0 Å². The minimum Gasteiger partial charge on any atom is -0.372 e. The molecule has 0 aromatic carbocycles. The minimum atomic E-state index is 0.512. The predicted molar refractivity (Wildman–Crippen MR) is 72.9 cm³/mol. The monoisotopic (exact) mass is 256 g/mol. The number of ether oxygens (including phenoxy) is 2. The Labute approximate surface area is 111 Å². The van der Waals surface area contributed by atoms with Gasteiger partial charge in [-0.05, 0) is 40.0 Å². The lowest BCUT2D eigenvalue weighted by Gasteiger charge is -2.20. The maximum Gasteiger partial charge on any atom is 0.0936 e. The van der Waals surface area contributed by atoms with Crippen LogP contribution in [-0.2, 0) is 9.47 Å². The fraction of sp³-hybridized carbons (Fsp3) is 1.00. The van der Waals surface area contributed by atoms with Gasteiger partial charge in [-0.1, -0.05) is 12.8 Å². The van der Waals surface area contributed by atoms with Gasteiger partial charge >= 0.3 is 0 Å². The van der Waals surface area contributed by atoms with E-state index in [1.165, 1.54) is 38.8 Å². The number of hydrogen-bond acceptors (Lipinski definition) is 4. The summed E-state index contributed by atoms with van der Waals surface area (Å²) in [6.07, 6.45) is 6.36. The maximum absolute atomic E-state index is 5.32. The van der Waals surface area contributed by atoms with Crippen molar-refractivity contribution in [2.24, 2.45) is 0 Å². The number of rotatable bonds is 11. The molecule has 0 radical (unpaired) electrons. The molecule has 0 aromatic rings. The number of unbranched alkanes of at least 4 members (excludes halogenated alkanes) is 3. The van der Waals surface area contributed by atoms with Gasteiger partial charge in [0, 0.05) is 13.1 Å². The molecule has 2 aliphatic heterocycles. The molecule has 0 saturated carbocycles. The van der Waals surface area contributed by atoms with Crippen molar-refractivity contribution in [3.63, 3.8) is 0 Å². The van der Waals surface area contributed by atoms with E-state index in [4.69, 9.17) is 9.47 Å². The van der Waals surface area contributed by atoms with Gasteiger partial charge in [0.2, 0.25) is 0 Å². The summed E-state index contributed by atoms with van der Waals surface area (Å²) in [4.78, 5) is 4.79. The van der Waals surface area contributed by atoms with Crippen molar-refractivity contribution in [2.45, 2.75) is 37.9 Å².